The van der Waals surface area contributed by atoms with Crippen molar-refractivity contribution in [2.45, 2.75) is 39.5 Å². The van der Waals surface area contributed by atoms with E-state index in [1.807, 2.05) is 41.3 Å². The van der Waals surface area contributed by atoms with Gasteiger partial charge in [0.1, 0.15) is 0 Å². The molecule has 138 valence electrons. The summed E-state index contributed by atoms with van der Waals surface area (Å²) in [6.07, 6.45) is 4.41. The van der Waals surface area contributed by atoms with Crippen LogP contribution in [0.5, 0.6) is 0 Å². The van der Waals surface area contributed by atoms with Crippen LogP contribution in [-0.4, -0.2) is 47.2 Å². The third-order valence-electron chi connectivity index (χ3n) is 4.78. The van der Waals surface area contributed by atoms with Crippen LogP contribution in [0.15, 0.2) is 36.4 Å². The fourth-order valence-corrected chi connectivity index (χ4v) is 3.41. The van der Waals surface area contributed by atoms with Gasteiger partial charge in [-0.2, -0.15) is 0 Å². The zero-order valence-corrected chi connectivity index (χ0v) is 15.8. The van der Waals surface area contributed by atoms with E-state index < -0.39 is 0 Å². The maximum atomic E-state index is 12.7. The molecule has 0 bridgehead atoms. The average molecular weight is 352 g/mol. The number of rotatable bonds is 7. The summed E-state index contributed by atoms with van der Waals surface area (Å²) < 4.78 is 0. The molecule has 1 aromatic carbocycles. The molecule has 1 amide bonds. The van der Waals surface area contributed by atoms with Gasteiger partial charge in [0.15, 0.2) is 5.82 Å². The van der Waals surface area contributed by atoms with Crippen LogP contribution in [-0.2, 0) is 0 Å². The number of hydrogen-bond acceptors (Lipinski definition) is 4. The molecule has 0 N–H and O–H groups in total. The Balaban J connectivity index is 1.71. The number of hydrogen-bond donors (Lipinski definition) is 0. The van der Waals surface area contributed by atoms with Crippen molar-refractivity contribution in [2.24, 2.45) is 0 Å². The van der Waals surface area contributed by atoms with Crippen molar-refractivity contribution in [2.75, 3.05) is 31.1 Å². The van der Waals surface area contributed by atoms with Crippen molar-refractivity contribution in [3.05, 3.63) is 42.0 Å². The molecule has 1 saturated heterocycles. The van der Waals surface area contributed by atoms with Crippen LogP contribution in [0.25, 0.3) is 11.3 Å². The first-order valence-corrected chi connectivity index (χ1v) is 9.71. The Labute approximate surface area is 156 Å². The smallest absolute Gasteiger partial charge is 0.253 e. The molecule has 1 aliphatic rings. The van der Waals surface area contributed by atoms with Gasteiger partial charge in [-0.25, -0.2) is 0 Å². The molecule has 1 fully saturated rings. The third-order valence-corrected chi connectivity index (χ3v) is 4.78. The highest BCUT2D eigenvalue weighted by Crippen LogP contribution is 2.21. The monoisotopic (exact) mass is 352 g/mol. The van der Waals surface area contributed by atoms with Crippen molar-refractivity contribution in [1.29, 1.82) is 0 Å². The van der Waals surface area contributed by atoms with Crippen molar-refractivity contribution in [1.82, 2.24) is 15.1 Å². The molecule has 1 aliphatic heterocycles. The minimum absolute atomic E-state index is 0.107. The van der Waals surface area contributed by atoms with E-state index in [0.717, 1.165) is 61.7 Å². The highest BCUT2D eigenvalue weighted by atomic mass is 16.2. The summed E-state index contributed by atoms with van der Waals surface area (Å²) >= 11 is 0. The van der Waals surface area contributed by atoms with Crippen LogP contribution in [0.3, 0.4) is 0 Å². The van der Waals surface area contributed by atoms with E-state index in [0.29, 0.717) is 0 Å². The quantitative estimate of drug-likeness (QED) is 0.755. The van der Waals surface area contributed by atoms with E-state index >= 15 is 0 Å². The molecule has 0 radical (unpaired) electrons. The van der Waals surface area contributed by atoms with Gasteiger partial charge in [-0.3, -0.25) is 4.79 Å². The number of nitrogens with zero attached hydrogens (tertiary/aromatic N) is 4. The van der Waals surface area contributed by atoms with Gasteiger partial charge in [-0.1, -0.05) is 26.0 Å². The Hall–Kier alpha value is -2.43. The van der Waals surface area contributed by atoms with Gasteiger partial charge in [0.05, 0.1) is 5.69 Å². The predicted molar refractivity (Wildman–Crippen MR) is 105 cm³/mol. The highest BCUT2D eigenvalue weighted by molar-refractivity contribution is 5.94. The van der Waals surface area contributed by atoms with E-state index in [-0.39, 0.29) is 5.91 Å². The number of carbonyl (C=O) groups excluding carboxylic acids is 1. The van der Waals surface area contributed by atoms with Crippen LogP contribution in [0.2, 0.25) is 0 Å². The zero-order valence-electron chi connectivity index (χ0n) is 15.8. The molecule has 5 nitrogen and oxygen atoms in total. The summed E-state index contributed by atoms with van der Waals surface area (Å²) in [6, 6.07) is 11.8. The Morgan fingerprint density at radius 1 is 0.962 bits per heavy atom. The molecule has 0 unspecified atom stereocenters. The molecule has 0 spiro atoms. The molecule has 26 heavy (non-hydrogen) atoms. The third kappa shape index (κ3) is 4.21. The van der Waals surface area contributed by atoms with Gasteiger partial charge in [0, 0.05) is 37.3 Å². The van der Waals surface area contributed by atoms with Crippen molar-refractivity contribution in [3.63, 3.8) is 0 Å². The topological polar surface area (TPSA) is 49.3 Å². The first-order valence-electron chi connectivity index (χ1n) is 9.71. The van der Waals surface area contributed by atoms with Crippen LogP contribution >= 0.6 is 0 Å². The Morgan fingerprint density at radius 2 is 1.62 bits per heavy atom. The fraction of sp³-hybridized carbons (Fsp3) is 0.476. The van der Waals surface area contributed by atoms with Crippen molar-refractivity contribution >= 4 is 11.7 Å². The van der Waals surface area contributed by atoms with Gasteiger partial charge in [-0.15, -0.1) is 10.2 Å². The average Bonchev–Trinajstić information content (AvgIpc) is 3.22. The number of carbonyl (C=O) groups is 1. The molecule has 3 rings (SSSR count). The molecule has 2 aromatic rings. The van der Waals surface area contributed by atoms with Crippen molar-refractivity contribution in [3.8, 4) is 11.3 Å². The minimum atomic E-state index is 0.107. The first-order chi connectivity index (χ1) is 12.7. The Bertz CT molecular complexity index is 700. The number of anilines is 1. The second kappa shape index (κ2) is 8.79. The van der Waals surface area contributed by atoms with Gasteiger partial charge in [-0.05, 0) is 49.9 Å². The number of aromatic nitrogens is 2. The summed E-state index contributed by atoms with van der Waals surface area (Å²) in [5, 5.41) is 8.75. The maximum absolute atomic E-state index is 12.7. The van der Waals surface area contributed by atoms with Gasteiger partial charge in [0.2, 0.25) is 0 Å². The van der Waals surface area contributed by atoms with Gasteiger partial charge in [0.25, 0.3) is 5.91 Å². The molecule has 1 aromatic heterocycles. The van der Waals surface area contributed by atoms with Crippen LogP contribution in [0, 0.1) is 0 Å². The van der Waals surface area contributed by atoms with Gasteiger partial charge >= 0.3 is 0 Å². The highest BCUT2D eigenvalue weighted by Gasteiger charge is 2.15. The Kier molecular flexibility index (Phi) is 6.21. The molecular weight excluding hydrogens is 324 g/mol. The molecule has 0 saturated carbocycles. The number of amides is 1. The maximum Gasteiger partial charge on any atom is 0.253 e. The van der Waals surface area contributed by atoms with Crippen LogP contribution in [0.1, 0.15) is 49.9 Å². The molecule has 0 aliphatic carbocycles. The summed E-state index contributed by atoms with van der Waals surface area (Å²) in [5.41, 5.74) is 2.56. The number of benzene rings is 1. The molecule has 2 heterocycles. The summed E-state index contributed by atoms with van der Waals surface area (Å²) in [5.74, 6) is 1.06. The summed E-state index contributed by atoms with van der Waals surface area (Å²) in [6.45, 7) is 7.94. The van der Waals surface area contributed by atoms with Gasteiger partial charge < -0.3 is 9.80 Å². The van der Waals surface area contributed by atoms with Crippen LogP contribution < -0.4 is 4.90 Å². The normalized spacial score (nSPS) is 13.8. The summed E-state index contributed by atoms with van der Waals surface area (Å²) in [4.78, 5) is 16.9. The molecule has 5 heteroatoms. The van der Waals surface area contributed by atoms with Crippen molar-refractivity contribution < 1.29 is 4.79 Å². The largest absolute Gasteiger partial charge is 0.355 e. The second-order valence-electron chi connectivity index (χ2n) is 6.84. The lowest BCUT2D eigenvalue weighted by molar-refractivity contribution is 0.0755. The van der Waals surface area contributed by atoms with E-state index in [9.17, 15) is 4.79 Å². The van der Waals surface area contributed by atoms with Crippen LogP contribution in [0.4, 0.5) is 5.82 Å². The van der Waals surface area contributed by atoms with E-state index in [1.54, 1.807) is 0 Å². The summed E-state index contributed by atoms with van der Waals surface area (Å²) in [7, 11) is 0. The fourth-order valence-electron chi connectivity index (χ4n) is 3.41. The first kappa shape index (κ1) is 18.4. The predicted octanol–water partition coefficient (Wildman–Crippen LogP) is 4.01. The minimum Gasteiger partial charge on any atom is -0.355 e. The van der Waals surface area contributed by atoms with E-state index in [2.05, 4.69) is 28.9 Å². The van der Waals surface area contributed by atoms with E-state index in [4.69, 9.17) is 0 Å². The van der Waals surface area contributed by atoms with E-state index in [1.165, 1.54) is 12.8 Å². The molecule has 0 atom stereocenters. The molecular formula is C21H28N4O. The lowest BCUT2D eigenvalue weighted by Crippen LogP contribution is -2.32. The second-order valence-corrected chi connectivity index (χ2v) is 6.84. The zero-order chi connectivity index (χ0) is 18.4. The standard InChI is InChI=1S/C21H28N4O/c1-3-13-25(14-4-2)21(26)18-9-7-17(8-10-18)19-11-12-20(23-22-19)24-15-5-6-16-24/h7-12H,3-6,13-16H2,1-2H3. The SMILES string of the molecule is CCCN(CCC)C(=O)c1ccc(-c2ccc(N3CCCC3)nn2)cc1. The lowest BCUT2D eigenvalue weighted by atomic mass is 10.1. The Morgan fingerprint density at radius 3 is 2.15 bits per heavy atom. The lowest BCUT2D eigenvalue weighted by Gasteiger charge is -2.21.